The molecule has 0 saturated carbocycles. The van der Waals surface area contributed by atoms with Gasteiger partial charge in [-0.25, -0.2) is 14.8 Å². The van der Waals surface area contributed by atoms with Crippen LogP contribution in [0, 0.1) is 0 Å². The summed E-state index contributed by atoms with van der Waals surface area (Å²) in [5.74, 6) is 0.428. The van der Waals surface area contributed by atoms with Crippen molar-refractivity contribution in [3.05, 3.63) is 36.5 Å². The van der Waals surface area contributed by atoms with E-state index in [4.69, 9.17) is 4.74 Å². The molecule has 1 fully saturated rings. The predicted octanol–water partition coefficient (Wildman–Crippen LogP) is 2.21. The SMILES string of the molecule is COc1ccc(-c2ccnc(N3CCCC3C(=O)O)n2)cc1. The van der Waals surface area contributed by atoms with Gasteiger partial charge in [-0.15, -0.1) is 0 Å². The van der Waals surface area contributed by atoms with Gasteiger partial charge < -0.3 is 14.7 Å². The summed E-state index contributed by atoms with van der Waals surface area (Å²) in [5.41, 5.74) is 1.71. The molecule has 0 amide bonds. The van der Waals surface area contributed by atoms with E-state index in [9.17, 15) is 9.90 Å². The van der Waals surface area contributed by atoms with Crippen LogP contribution in [0.1, 0.15) is 12.8 Å². The number of benzene rings is 1. The highest BCUT2D eigenvalue weighted by molar-refractivity contribution is 5.78. The Kier molecular flexibility index (Phi) is 3.91. The minimum atomic E-state index is -0.823. The minimum absolute atomic E-state index is 0.471. The van der Waals surface area contributed by atoms with E-state index in [1.54, 1.807) is 18.2 Å². The molecule has 0 radical (unpaired) electrons. The van der Waals surface area contributed by atoms with E-state index in [1.165, 1.54) is 0 Å². The Morgan fingerprint density at radius 1 is 1.32 bits per heavy atom. The lowest BCUT2D eigenvalue weighted by Crippen LogP contribution is -2.37. The zero-order chi connectivity index (χ0) is 15.5. The number of carboxylic acid groups (broad SMARTS) is 1. The molecule has 114 valence electrons. The average molecular weight is 299 g/mol. The van der Waals surface area contributed by atoms with Crippen LogP contribution in [0.5, 0.6) is 5.75 Å². The Balaban J connectivity index is 1.90. The van der Waals surface area contributed by atoms with Crippen LogP contribution in [-0.4, -0.2) is 40.7 Å². The molecule has 22 heavy (non-hydrogen) atoms. The maximum atomic E-state index is 11.3. The molecule has 1 aliphatic heterocycles. The summed E-state index contributed by atoms with van der Waals surface area (Å²) in [6.45, 7) is 0.670. The first-order valence-corrected chi connectivity index (χ1v) is 7.16. The van der Waals surface area contributed by atoms with E-state index in [0.29, 0.717) is 18.9 Å². The van der Waals surface area contributed by atoms with Gasteiger partial charge in [0.15, 0.2) is 0 Å². The molecule has 0 aliphatic carbocycles. The second-order valence-electron chi connectivity index (χ2n) is 5.16. The van der Waals surface area contributed by atoms with Gasteiger partial charge in [0.2, 0.25) is 5.95 Å². The molecule has 1 aromatic carbocycles. The summed E-state index contributed by atoms with van der Waals surface area (Å²) in [7, 11) is 1.62. The van der Waals surface area contributed by atoms with E-state index in [0.717, 1.165) is 23.4 Å². The topological polar surface area (TPSA) is 75.5 Å². The lowest BCUT2D eigenvalue weighted by atomic mass is 10.1. The molecule has 0 bridgehead atoms. The van der Waals surface area contributed by atoms with E-state index < -0.39 is 12.0 Å². The van der Waals surface area contributed by atoms with Crippen LogP contribution in [0.15, 0.2) is 36.5 Å². The largest absolute Gasteiger partial charge is 0.497 e. The van der Waals surface area contributed by atoms with Crippen molar-refractivity contribution in [1.29, 1.82) is 0 Å². The lowest BCUT2D eigenvalue weighted by Gasteiger charge is -2.21. The smallest absolute Gasteiger partial charge is 0.326 e. The molecule has 0 spiro atoms. The first kappa shape index (κ1) is 14.3. The Morgan fingerprint density at radius 2 is 2.09 bits per heavy atom. The number of methoxy groups -OCH3 is 1. The van der Waals surface area contributed by atoms with E-state index in [-0.39, 0.29) is 0 Å². The third kappa shape index (κ3) is 2.72. The number of rotatable bonds is 4. The number of carboxylic acids is 1. The summed E-state index contributed by atoms with van der Waals surface area (Å²) in [6.07, 6.45) is 3.14. The monoisotopic (exact) mass is 299 g/mol. The highest BCUT2D eigenvalue weighted by Gasteiger charge is 2.32. The number of hydrogen-bond donors (Lipinski definition) is 1. The molecule has 1 N–H and O–H groups in total. The first-order chi connectivity index (χ1) is 10.7. The number of ether oxygens (including phenoxy) is 1. The van der Waals surface area contributed by atoms with Gasteiger partial charge in [0.25, 0.3) is 0 Å². The van der Waals surface area contributed by atoms with Gasteiger partial charge >= 0.3 is 5.97 Å². The number of hydrogen-bond acceptors (Lipinski definition) is 5. The molecule has 6 heteroatoms. The van der Waals surface area contributed by atoms with Crippen LogP contribution in [0.3, 0.4) is 0 Å². The predicted molar refractivity (Wildman–Crippen MR) is 82.0 cm³/mol. The Bertz CT molecular complexity index is 673. The third-order valence-corrected chi connectivity index (χ3v) is 3.82. The quantitative estimate of drug-likeness (QED) is 0.933. The van der Waals surface area contributed by atoms with Crippen molar-refractivity contribution in [3.63, 3.8) is 0 Å². The average Bonchev–Trinajstić information content (AvgIpc) is 3.05. The Morgan fingerprint density at radius 3 is 2.77 bits per heavy atom. The molecule has 3 rings (SSSR count). The molecule has 2 heterocycles. The zero-order valence-corrected chi connectivity index (χ0v) is 12.3. The summed E-state index contributed by atoms with van der Waals surface area (Å²) in [4.78, 5) is 21.8. The molecule has 1 atom stereocenters. The van der Waals surface area contributed by atoms with Gasteiger partial charge in [-0.05, 0) is 43.2 Å². The molecule has 1 saturated heterocycles. The minimum Gasteiger partial charge on any atom is -0.497 e. The maximum Gasteiger partial charge on any atom is 0.326 e. The fraction of sp³-hybridized carbons (Fsp3) is 0.312. The van der Waals surface area contributed by atoms with Crippen LogP contribution < -0.4 is 9.64 Å². The van der Waals surface area contributed by atoms with Crippen molar-refractivity contribution >= 4 is 11.9 Å². The summed E-state index contributed by atoms with van der Waals surface area (Å²) < 4.78 is 5.14. The Hall–Kier alpha value is -2.63. The molecule has 1 unspecified atom stereocenters. The molecule has 2 aromatic rings. The van der Waals surface area contributed by atoms with Gasteiger partial charge in [0, 0.05) is 18.3 Å². The Labute approximate surface area is 128 Å². The van der Waals surface area contributed by atoms with E-state index >= 15 is 0 Å². The second kappa shape index (κ2) is 6.01. The van der Waals surface area contributed by atoms with Gasteiger partial charge in [-0.1, -0.05) is 0 Å². The van der Waals surface area contributed by atoms with Crippen molar-refractivity contribution in [1.82, 2.24) is 9.97 Å². The highest BCUT2D eigenvalue weighted by atomic mass is 16.5. The number of aliphatic carboxylic acids is 1. The summed E-state index contributed by atoms with van der Waals surface area (Å²) in [5, 5.41) is 9.28. The van der Waals surface area contributed by atoms with Gasteiger partial charge in [0.1, 0.15) is 11.8 Å². The van der Waals surface area contributed by atoms with Crippen LogP contribution in [0.2, 0.25) is 0 Å². The number of anilines is 1. The lowest BCUT2D eigenvalue weighted by molar-refractivity contribution is -0.138. The molecule has 1 aliphatic rings. The van der Waals surface area contributed by atoms with Crippen LogP contribution >= 0.6 is 0 Å². The van der Waals surface area contributed by atoms with Gasteiger partial charge in [-0.2, -0.15) is 0 Å². The van der Waals surface area contributed by atoms with Gasteiger partial charge in [-0.3, -0.25) is 0 Å². The van der Waals surface area contributed by atoms with Crippen LogP contribution in [0.25, 0.3) is 11.3 Å². The molecular formula is C16H17N3O3. The van der Waals surface area contributed by atoms with Crippen molar-refractivity contribution in [2.24, 2.45) is 0 Å². The fourth-order valence-electron chi connectivity index (χ4n) is 2.67. The molecule has 6 nitrogen and oxygen atoms in total. The first-order valence-electron chi connectivity index (χ1n) is 7.16. The normalized spacial score (nSPS) is 17.5. The number of carbonyl (C=O) groups is 1. The van der Waals surface area contributed by atoms with Crippen molar-refractivity contribution in [2.75, 3.05) is 18.6 Å². The van der Waals surface area contributed by atoms with E-state index in [2.05, 4.69) is 9.97 Å². The standard InChI is InChI=1S/C16H17N3O3/c1-22-12-6-4-11(5-7-12)13-8-9-17-16(18-13)19-10-2-3-14(19)15(20)21/h4-9,14H,2-3,10H2,1H3,(H,20,21). The summed E-state index contributed by atoms with van der Waals surface area (Å²) in [6, 6.07) is 8.86. The van der Waals surface area contributed by atoms with E-state index in [1.807, 2.05) is 30.3 Å². The van der Waals surface area contributed by atoms with Crippen molar-refractivity contribution in [3.8, 4) is 17.0 Å². The molecule has 1 aromatic heterocycles. The fourth-order valence-corrected chi connectivity index (χ4v) is 2.67. The third-order valence-electron chi connectivity index (χ3n) is 3.82. The van der Waals surface area contributed by atoms with Crippen LogP contribution in [-0.2, 0) is 4.79 Å². The van der Waals surface area contributed by atoms with Crippen LogP contribution in [0.4, 0.5) is 5.95 Å². The number of nitrogens with zero attached hydrogens (tertiary/aromatic N) is 3. The second-order valence-corrected chi connectivity index (χ2v) is 5.16. The summed E-state index contributed by atoms with van der Waals surface area (Å²) >= 11 is 0. The van der Waals surface area contributed by atoms with Gasteiger partial charge in [0.05, 0.1) is 12.8 Å². The van der Waals surface area contributed by atoms with Crippen molar-refractivity contribution < 1.29 is 14.6 Å². The molecular weight excluding hydrogens is 282 g/mol. The van der Waals surface area contributed by atoms with Crippen molar-refractivity contribution in [2.45, 2.75) is 18.9 Å². The maximum absolute atomic E-state index is 11.3. The number of aromatic nitrogens is 2. The highest BCUT2D eigenvalue weighted by Crippen LogP contribution is 2.26. The zero-order valence-electron chi connectivity index (χ0n) is 12.3.